The first-order valence-electron chi connectivity index (χ1n) is 12.0. The molecule has 1 atom stereocenters. The zero-order valence-electron chi connectivity index (χ0n) is 20.1. The van der Waals surface area contributed by atoms with E-state index in [0.717, 1.165) is 31.2 Å². The Morgan fingerprint density at radius 2 is 1.76 bits per heavy atom. The van der Waals surface area contributed by atoms with Crippen molar-refractivity contribution in [1.82, 2.24) is 20.3 Å². The number of benzene rings is 1. The van der Waals surface area contributed by atoms with E-state index >= 15 is 0 Å². The number of carbonyl (C=O) groups is 2. The number of H-pyrrole nitrogens is 1. The van der Waals surface area contributed by atoms with Gasteiger partial charge in [0.2, 0.25) is 5.91 Å². The van der Waals surface area contributed by atoms with Gasteiger partial charge in [0.15, 0.2) is 0 Å². The van der Waals surface area contributed by atoms with Crippen molar-refractivity contribution in [3.8, 4) is 0 Å². The minimum absolute atomic E-state index is 0.0299. The van der Waals surface area contributed by atoms with E-state index in [9.17, 15) is 9.59 Å². The molecule has 0 spiro atoms. The van der Waals surface area contributed by atoms with Crippen LogP contribution < -0.4 is 10.2 Å². The van der Waals surface area contributed by atoms with E-state index in [1.54, 1.807) is 23.4 Å². The lowest BCUT2D eigenvalue weighted by atomic mass is 9.87. The van der Waals surface area contributed by atoms with Gasteiger partial charge in [0.05, 0.1) is 12.5 Å². The Bertz CT molecular complexity index is 1080. The maximum atomic E-state index is 13.8. The number of hydrogen-bond acceptors (Lipinski definition) is 4. The van der Waals surface area contributed by atoms with Gasteiger partial charge in [0.25, 0.3) is 5.91 Å². The molecule has 7 heteroatoms. The van der Waals surface area contributed by atoms with Crippen molar-refractivity contribution in [2.45, 2.75) is 70.4 Å². The maximum absolute atomic E-state index is 13.8. The van der Waals surface area contributed by atoms with Crippen molar-refractivity contribution in [1.29, 1.82) is 0 Å². The summed E-state index contributed by atoms with van der Waals surface area (Å²) in [7, 11) is 0. The molecule has 0 aliphatic heterocycles. The largest absolute Gasteiger partial charge is 0.351 e. The minimum atomic E-state index is -0.869. The monoisotopic (exact) mass is 459 g/mol. The third-order valence-corrected chi connectivity index (χ3v) is 6.42. The zero-order chi connectivity index (χ0) is 24.1. The number of aromatic amines is 1. The van der Waals surface area contributed by atoms with Gasteiger partial charge in [-0.2, -0.15) is 0 Å². The quantitative estimate of drug-likeness (QED) is 0.546. The zero-order valence-corrected chi connectivity index (χ0v) is 20.1. The molecule has 1 aliphatic carbocycles. The first-order valence-corrected chi connectivity index (χ1v) is 12.0. The van der Waals surface area contributed by atoms with E-state index in [-0.39, 0.29) is 23.3 Å². The second kappa shape index (κ2) is 10.2. The van der Waals surface area contributed by atoms with Gasteiger partial charge in [-0.25, -0.2) is 4.98 Å². The average Bonchev–Trinajstić information content (AvgIpc) is 3.38. The number of rotatable bonds is 6. The Morgan fingerprint density at radius 1 is 1.03 bits per heavy atom. The first kappa shape index (κ1) is 23.7. The van der Waals surface area contributed by atoms with Gasteiger partial charge >= 0.3 is 0 Å². The Hall–Kier alpha value is -3.48. The van der Waals surface area contributed by atoms with Gasteiger partial charge in [-0.3, -0.25) is 19.5 Å². The number of anilines is 1. The van der Waals surface area contributed by atoms with Crippen molar-refractivity contribution in [3.05, 3.63) is 78.1 Å². The molecule has 0 unspecified atom stereocenters. The second-order valence-electron chi connectivity index (χ2n) is 9.97. The summed E-state index contributed by atoms with van der Waals surface area (Å²) in [4.78, 5) is 40.2. The molecule has 1 saturated carbocycles. The Morgan fingerprint density at radius 3 is 2.35 bits per heavy atom. The van der Waals surface area contributed by atoms with Crippen LogP contribution >= 0.6 is 0 Å². The van der Waals surface area contributed by atoms with Crippen LogP contribution in [0.2, 0.25) is 0 Å². The molecule has 3 aromatic rings. The van der Waals surface area contributed by atoms with Crippen LogP contribution in [0.4, 0.5) is 5.69 Å². The molecule has 2 N–H and O–H groups in total. The Balaban J connectivity index is 1.77. The number of pyridine rings is 1. The topological polar surface area (TPSA) is 91.0 Å². The SMILES string of the molecule is CC(C)(C)c1ccc(N(C(=O)c2cnc[nH]2)[C@@H](C(=O)NC2CCCCC2)c2cccnc2)cc1. The molecular formula is C27H33N5O2. The molecular weight excluding hydrogens is 426 g/mol. The number of hydrogen-bond donors (Lipinski definition) is 2. The number of imidazole rings is 1. The van der Waals surface area contributed by atoms with Crippen LogP contribution in [0.1, 0.15) is 80.5 Å². The van der Waals surface area contributed by atoms with Crippen LogP contribution in [-0.2, 0) is 10.2 Å². The predicted octanol–water partition coefficient (Wildman–Crippen LogP) is 4.94. The fourth-order valence-electron chi connectivity index (χ4n) is 4.49. The fraction of sp³-hybridized carbons (Fsp3) is 0.407. The average molecular weight is 460 g/mol. The number of aromatic nitrogens is 3. The molecule has 0 bridgehead atoms. The highest BCUT2D eigenvalue weighted by Crippen LogP contribution is 2.32. The minimum Gasteiger partial charge on any atom is -0.351 e. The second-order valence-corrected chi connectivity index (χ2v) is 9.97. The van der Waals surface area contributed by atoms with Crippen LogP contribution in [0.5, 0.6) is 0 Å². The van der Waals surface area contributed by atoms with Gasteiger partial charge in [0, 0.05) is 29.7 Å². The standard InChI is InChI=1S/C27H33N5O2/c1-27(2,3)20-11-13-22(14-12-20)32(26(34)23-17-29-18-30-23)24(19-8-7-15-28-16-19)25(33)31-21-9-5-4-6-10-21/h7-8,11-18,21,24H,4-6,9-10H2,1-3H3,(H,29,30)(H,31,33)/t24-/m1/s1. The van der Waals surface area contributed by atoms with E-state index < -0.39 is 6.04 Å². The number of nitrogens with zero attached hydrogens (tertiary/aromatic N) is 3. The molecule has 2 aromatic heterocycles. The molecule has 2 heterocycles. The Labute approximate surface area is 201 Å². The normalized spacial score (nSPS) is 15.5. The number of carbonyl (C=O) groups excluding carboxylic acids is 2. The fourth-order valence-corrected chi connectivity index (χ4v) is 4.49. The van der Waals surface area contributed by atoms with Gasteiger partial charge in [-0.05, 0) is 42.0 Å². The smallest absolute Gasteiger partial charge is 0.277 e. The van der Waals surface area contributed by atoms with E-state index in [1.807, 2.05) is 30.3 Å². The highest BCUT2D eigenvalue weighted by atomic mass is 16.2. The predicted molar refractivity (Wildman–Crippen MR) is 133 cm³/mol. The van der Waals surface area contributed by atoms with Gasteiger partial charge < -0.3 is 10.3 Å². The van der Waals surface area contributed by atoms with Gasteiger partial charge in [-0.15, -0.1) is 0 Å². The van der Waals surface area contributed by atoms with E-state index in [1.165, 1.54) is 18.9 Å². The van der Waals surface area contributed by atoms with Crippen LogP contribution in [0.3, 0.4) is 0 Å². The molecule has 1 aromatic carbocycles. The molecule has 4 rings (SSSR count). The first-order chi connectivity index (χ1) is 16.3. The molecule has 0 saturated heterocycles. The van der Waals surface area contributed by atoms with Crippen LogP contribution in [0.15, 0.2) is 61.3 Å². The molecule has 1 fully saturated rings. The summed E-state index contributed by atoms with van der Waals surface area (Å²) in [6.07, 6.45) is 11.6. The van der Waals surface area contributed by atoms with Crippen molar-refractivity contribution >= 4 is 17.5 Å². The number of nitrogens with one attached hydrogen (secondary N) is 2. The summed E-state index contributed by atoms with van der Waals surface area (Å²) in [5.74, 6) is -0.527. The lowest BCUT2D eigenvalue weighted by molar-refractivity contribution is -0.123. The third-order valence-electron chi connectivity index (χ3n) is 6.42. The number of amides is 2. The van der Waals surface area contributed by atoms with E-state index in [0.29, 0.717) is 16.9 Å². The summed E-state index contributed by atoms with van der Waals surface area (Å²) in [5.41, 5.74) is 2.73. The molecule has 7 nitrogen and oxygen atoms in total. The van der Waals surface area contributed by atoms with E-state index in [4.69, 9.17) is 0 Å². The highest BCUT2D eigenvalue weighted by Gasteiger charge is 2.35. The molecule has 178 valence electrons. The molecule has 34 heavy (non-hydrogen) atoms. The maximum Gasteiger partial charge on any atom is 0.277 e. The molecule has 1 aliphatic rings. The van der Waals surface area contributed by atoms with Crippen LogP contribution in [0.25, 0.3) is 0 Å². The molecule has 0 radical (unpaired) electrons. The van der Waals surface area contributed by atoms with Crippen molar-refractivity contribution < 1.29 is 9.59 Å². The third kappa shape index (κ3) is 5.35. The molecule has 2 amide bonds. The lowest BCUT2D eigenvalue weighted by Crippen LogP contribution is -2.47. The summed E-state index contributed by atoms with van der Waals surface area (Å²) in [5, 5.41) is 3.22. The van der Waals surface area contributed by atoms with Crippen LogP contribution in [-0.4, -0.2) is 32.8 Å². The van der Waals surface area contributed by atoms with Crippen LogP contribution in [0, 0.1) is 0 Å². The van der Waals surface area contributed by atoms with Crippen molar-refractivity contribution in [3.63, 3.8) is 0 Å². The highest BCUT2D eigenvalue weighted by molar-refractivity contribution is 6.09. The Kier molecular flexibility index (Phi) is 7.10. The summed E-state index contributed by atoms with van der Waals surface area (Å²) in [6.45, 7) is 6.43. The summed E-state index contributed by atoms with van der Waals surface area (Å²) < 4.78 is 0. The van der Waals surface area contributed by atoms with Gasteiger partial charge in [0.1, 0.15) is 11.7 Å². The van der Waals surface area contributed by atoms with Crippen molar-refractivity contribution in [2.75, 3.05) is 4.90 Å². The summed E-state index contributed by atoms with van der Waals surface area (Å²) in [6, 6.07) is 10.7. The van der Waals surface area contributed by atoms with E-state index in [2.05, 4.69) is 41.0 Å². The van der Waals surface area contributed by atoms with Gasteiger partial charge in [-0.1, -0.05) is 58.2 Å². The lowest BCUT2D eigenvalue weighted by Gasteiger charge is -2.33. The summed E-state index contributed by atoms with van der Waals surface area (Å²) >= 11 is 0. The van der Waals surface area contributed by atoms with Crippen molar-refractivity contribution in [2.24, 2.45) is 0 Å².